The third-order valence-electron chi connectivity index (χ3n) is 4.60. The molecule has 1 aliphatic heterocycles. The highest BCUT2D eigenvalue weighted by atomic mass is 19.4. The van der Waals surface area contributed by atoms with Crippen LogP contribution in [0.5, 0.6) is 5.75 Å². The fourth-order valence-corrected chi connectivity index (χ4v) is 3.22. The number of benzene rings is 1. The first-order valence-electron chi connectivity index (χ1n) is 8.80. The first-order valence-corrected chi connectivity index (χ1v) is 8.80. The maximum absolute atomic E-state index is 12.6. The lowest BCUT2D eigenvalue weighted by molar-refractivity contribution is -0.274. The van der Waals surface area contributed by atoms with Gasteiger partial charge in [0, 0.05) is 13.1 Å². The average Bonchev–Trinajstić information content (AvgIpc) is 3.30. The zero-order valence-corrected chi connectivity index (χ0v) is 14.8. The summed E-state index contributed by atoms with van der Waals surface area (Å²) in [6, 6.07) is 5.09. The molecular weight excluding hydrogens is 377 g/mol. The summed E-state index contributed by atoms with van der Waals surface area (Å²) < 4.78 is 43.5. The quantitative estimate of drug-likeness (QED) is 0.659. The maximum atomic E-state index is 12.6. The van der Waals surface area contributed by atoms with Crippen molar-refractivity contribution in [2.45, 2.75) is 25.7 Å². The Labute approximate surface area is 157 Å². The minimum atomic E-state index is -4.76. The van der Waals surface area contributed by atoms with Gasteiger partial charge in [-0.1, -0.05) is 5.21 Å². The van der Waals surface area contributed by atoms with Crippen LogP contribution in [0.3, 0.4) is 0 Å². The van der Waals surface area contributed by atoms with E-state index in [4.69, 9.17) is 0 Å². The smallest absolute Gasteiger partial charge is 0.406 e. The van der Waals surface area contributed by atoms with Crippen molar-refractivity contribution < 1.29 is 17.9 Å². The van der Waals surface area contributed by atoms with Crippen LogP contribution in [0.2, 0.25) is 0 Å². The molecule has 1 aliphatic rings. The molecule has 0 radical (unpaired) electrons. The van der Waals surface area contributed by atoms with Gasteiger partial charge in [0.15, 0.2) is 11.2 Å². The number of aromatic nitrogens is 5. The summed E-state index contributed by atoms with van der Waals surface area (Å²) >= 11 is 0. The molecule has 1 saturated heterocycles. The van der Waals surface area contributed by atoms with Crippen LogP contribution in [-0.4, -0.2) is 55.4 Å². The van der Waals surface area contributed by atoms with E-state index in [-0.39, 0.29) is 22.5 Å². The predicted molar refractivity (Wildman–Crippen MR) is 93.3 cm³/mol. The molecule has 2 aromatic heterocycles. The minimum Gasteiger partial charge on any atom is -0.406 e. The van der Waals surface area contributed by atoms with Crippen LogP contribution in [0.1, 0.15) is 12.8 Å². The van der Waals surface area contributed by atoms with Gasteiger partial charge in [-0.15, -0.1) is 18.3 Å². The van der Waals surface area contributed by atoms with E-state index < -0.39 is 6.36 Å². The Hall–Kier alpha value is -2.95. The Bertz CT molecular complexity index is 1020. The predicted octanol–water partition coefficient (Wildman–Crippen LogP) is 1.97. The molecule has 4 rings (SSSR count). The van der Waals surface area contributed by atoms with Gasteiger partial charge in [-0.25, -0.2) is 4.98 Å². The molecule has 0 aliphatic carbocycles. The van der Waals surface area contributed by atoms with E-state index in [1.807, 2.05) is 0 Å². The van der Waals surface area contributed by atoms with Crippen molar-refractivity contribution in [2.24, 2.45) is 0 Å². The van der Waals surface area contributed by atoms with E-state index in [9.17, 15) is 18.0 Å². The van der Waals surface area contributed by atoms with Gasteiger partial charge in [0.25, 0.3) is 5.56 Å². The average molecular weight is 394 g/mol. The number of hydrogen-bond donors (Lipinski definition) is 0. The summed E-state index contributed by atoms with van der Waals surface area (Å²) in [5, 5.41) is 7.84. The monoisotopic (exact) mass is 394 g/mol. The standard InChI is InChI=1S/C17H17F3N6O2/c18-17(19,20)28-13-5-3-12(4-6-13)26-15-14(22-23-26)16(27)25(11-21-15)10-9-24-7-1-2-8-24/h3-6,11H,1-2,7-10H2. The van der Waals surface area contributed by atoms with Gasteiger partial charge in [0.1, 0.15) is 12.1 Å². The summed E-state index contributed by atoms with van der Waals surface area (Å²) in [5.41, 5.74) is 0.470. The number of rotatable bonds is 5. The molecule has 11 heteroatoms. The number of fused-ring (bicyclic) bond motifs is 1. The SMILES string of the molecule is O=c1c2nnn(-c3ccc(OC(F)(F)F)cc3)c2ncn1CCN1CCCC1. The highest BCUT2D eigenvalue weighted by Gasteiger charge is 2.31. The Morgan fingerprint density at radius 1 is 1.07 bits per heavy atom. The highest BCUT2D eigenvalue weighted by molar-refractivity contribution is 5.70. The largest absolute Gasteiger partial charge is 0.573 e. The number of halogens is 3. The van der Waals surface area contributed by atoms with Crippen molar-refractivity contribution in [1.29, 1.82) is 0 Å². The fraction of sp³-hybridized carbons (Fsp3) is 0.412. The highest BCUT2D eigenvalue weighted by Crippen LogP contribution is 2.24. The lowest BCUT2D eigenvalue weighted by atomic mass is 10.3. The first kappa shape index (κ1) is 18.4. The van der Waals surface area contributed by atoms with Gasteiger partial charge >= 0.3 is 6.36 Å². The topological polar surface area (TPSA) is 78.1 Å². The maximum Gasteiger partial charge on any atom is 0.573 e. The second-order valence-corrected chi connectivity index (χ2v) is 6.51. The second-order valence-electron chi connectivity index (χ2n) is 6.51. The summed E-state index contributed by atoms with van der Waals surface area (Å²) in [4.78, 5) is 19.2. The first-order chi connectivity index (χ1) is 13.4. The molecular formula is C17H17F3N6O2. The molecule has 0 saturated carbocycles. The molecule has 3 heterocycles. The zero-order chi connectivity index (χ0) is 19.7. The Morgan fingerprint density at radius 3 is 2.46 bits per heavy atom. The molecule has 8 nitrogen and oxygen atoms in total. The van der Waals surface area contributed by atoms with Crippen LogP contribution in [0.25, 0.3) is 16.9 Å². The number of alkyl halides is 3. The Morgan fingerprint density at radius 2 is 1.79 bits per heavy atom. The van der Waals surface area contributed by atoms with Gasteiger partial charge in [-0.3, -0.25) is 9.36 Å². The fourth-order valence-electron chi connectivity index (χ4n) is 3.22. The molecule has 0 N–H and O–H groups in total. The van der Waals surface area contributed by atoms with Crippen LogP contribution in [-0.2, 0) is 6.54 Å². The van der Waals surface area contributed by atoms with E-state index in [2.05, 4.69) is 24.9 Å². The Balaban J connectivity index is 1.57. The summed E-state index contributed by atoms with van der Waals surface area (Å²) in [6.45, 7) is 3.35. The second kappa shape index (κ2) is 7.23. The van der Waals surface area contributed by atoms with Crippen LogP contribution in [0.4, 0.5) is 13.2 Å². The Kier molecular flexibility index (Phi) is 4.75. The molecule has 0 atom stereocenters. The molecule has 0 amide bonds. The normalized spacial score (nSPS) is 15.4. The van der Waals surface area contributed by atoms with Gasteiger partial charge in [-0.05, 0) is 50.2 Å². The lowest BCUT2D eigenvalue weighted by Gasteiger charge is -2.14. The van der Waals surface area contributed by atoms with Crippen LogP contribution >= 0.6 is 0 Å². The molecule has 0 unspecified atom stereocenters. The van der Waals surface area contributed by atoms with Gasteiger partial charge in [0.2, 0.25) is 0 Å². The van der Waals surface area contributed by atoms with Crippen molar-refractivity contribution in [1.82, 2.24) is 29.4 Å². The number of likely N-dealkylation sites (tertiary alicyclic amines) is 1. The number of nitrogens with zero attached hydrogens (tertiary/aromatic N) is 6. The lowest BCUT2D eigenvalue weighted by Crippen LogP contribution is -2.29. The minimum absolute atomic E-state index is 0.111. The van der Waals surface area contributed by atoms with Crippen molar-refractivity contribution in [2.75, 3.05) is 19.6 Å². The number of hydrogen-bond acceptors (Lipinski definition) is 6. The molecule has 1 aromatic carbocycles. The molecule has 28 heavy (non-hydrogen) atoms. The molecule has 1 fully saturated rings. The van der Waals surface area contributed by atoms with E-state index in [0.717, 1.165) is 31.8 Å². The van der Waals surface area contributed by atoms with Crippen molar-refractivity contribution >= 4 is 11.2 Å². The molecule has 148 valence electrons. The number of ether oxygens (including phenoxy) is 1. The molecule has 3 aromatic rings. The van der Waals surface area contributed by atoms with Crippen molar-refractivity contribution in [3.8, 4) is 11.4 Å². The van der Waals surface area contributed by atoms with Gasteiger partial charge < -0.3 is 9.64 Å². The van der Waals surface area contributed by atoms with Crippen molar-refractivity contribution in [3.63, 3.8) is 0 Å². The third-order valence-corrected chi connectivity index (χ3v) is 4.60. The summed E-state index contributed by atoms with van der Waals surface area (Å²) in [7, 11) is 0. The van der Waals surface area contributed by atoms with Gasteiger partial charge in [-0.2, -0.15) is 4.68 Å². The zero-order valence-electron chi connectivity index (χ0n) is 14.8. The van der Waals surface area contributed by atoms with E-state index in [0.29, 0.717) is 12.2 Å². The summed E-state index contributed by atoms with van der Waals surface area (Å²) in [5.74, 6) is -0.349. The van der Waals surface area contributed by atoms with Crippen LogP contribution in [0, 0.1) is 0 Å². The molecule has 0 bridgehead atoms. The van der Waals surface area contributed by atoms with E-state index in [1.54, 1.807) is 0 Å². The molecule has 0 spiro atoms. The van der Waals surface area contributed by atoms with Crippen LogP contribution in [0.15, 0.2) is 35.4 Å². The summed E-state index contributed by atoms with van der Waals surface area (Å²) in [6.07, 6.45) is -0.967. The van der Waals surface area contributed by atoms with Gasteiger partial charge in [0.05, 0.1) is 5.69 Å². The van der Waals surface area contributed by atoms with E-state index in [1.165, 1.54) is 40.6 Å². The van der Waals surface area contributed by atoms with Crippen LogP contribution < -0.4 is 10.3 Å². The van der Waals surface area contributed by atoms with Crippen molar-refractivity contribution in [3.05, 3.63) is 40.9 Å². The van der Waals surface area contributed by atoms with E-state index >= 15 is 0 Å². The third kappa shape index (κ3) is 3.84.